The van der Waals surface area contributed by atoms with Gasteiger partial charge in [-0.1, -0.05) is 6.42 Å². The summed E-state index contributed by atoms with van der Waals surface area (Å²) in [6, 6.07) is 2.14. The van der Waals surface area contributed by atoms with Gasteiger partial charge in [-0.3, -0.25) is 4.79 Å². The molecular formula is C16H23NO2S. The monoisotopic (exact) mass is 293 g/mol. The molecular weight excluding hydrogens is 270 g/mol. The lowest BCUT2D eigenvalue weighted by molar-refractivity contribution is 0.0625. The Morgan fingerprint density at radius 3 is 3.00 bits per heavy atom. The molecule has 2 aliphatic rings. The number of fused-ring (bicyclic) bond motifs is 1. The van der Waals surface area contributed by atoms with Gasteiger partial charge in [0, 0.05) is 24.6 Å². The average Bonchev–Trinajstić information content (AvgIpc) is 2.77. The topological polar surface area (TPSA) is 40.5 Å². The number of thiophene rings is 1. The number of nitrogens with zero attached hydrogens (tertiary/aromatic N) is 1. The summed E-state index contributed by atoms with van der Waals surface area (Å²) in [5.41, 5.74) is 1.41. The van der Waals surface area contributed by atoms with Gasteiger partial charge in [0.25, 0.3) is 5.91 Å². The molecule has 1 N–H and O–H groups in total. The molecule has 3 nitrogen and oxygen atoms in total. The fraction of sp³-hybridized carbons (Fsp3) is 0.688. The number of carbonyl (C=O) groups is 1. The summed E-state index contributed by atoms with van der Waals surface area (Å²) in [6.45, 7) is 1.76. The minimum absolute atomic E-state index is 0.182. The Morgan fingerprint density at radius 1 is 1.30 bits per heavy atom. The first-order valence-electron chi connectivity index (χ1n) is 7.79. The van der Waals surface area contributed by atoms with Gasteiger partial charge in [0.15, 0.2) is 0 Å². The van der Waals surface area contributed by atoms with Crippen molar-refractivity contribution in [3.05, 3.63) is 21.4 Å². The Bertz CT molecular complexity index is 459. The van der Waals surface area contributed by atoms with E-state index >= 15 is 0 Å². The first-order chi connectivity index (χ1) is 9.78. The maximum absolute atomic E-state index is 12.6. The van der Waals surface area contributed by atoms with Gasteiger partial charge in [0.2, 0.25) is 0 Å². The van der Waals surface area contributed by atoms with Crippen LogP contribution in [-0.4, -0.2) is 35.6 Å². The van der Waals surface area contributed by atoms with E-state index in [-0.39, 0.29) is 18.4 Å². The van der Waals surface area contributed by atoms with Gasteiger partial charge in [-0.25, -0.2) is 0 Å². The molecule has 1 saturated heterocycles. The smallest absolute Gasteiger partial charge is 0.263 e. The minimum Gasteiger partial charge on any atom is -0.396 e. The third-order valence-electron chi connectivity index (χ3n) is 4.52. The van der Waals surface area contributed by atoms with E-state index in [0.29, 0.717) is 0 Å². The molecule has 110 valence electrons. The molecule has 0 aromatic carbocycles. The van der Waals surface area contributed by atoms with Crippen molar-refractivity contribution in [3.63, 3.8) is 0 Å². The Morgan fingerprint density at radius 2 is 2.15 bits per heavy atom. The van der Waals surface area contributed by atoms with Crippen molar-refractivity contribution >= 4 is 17.2 Å². The van der Waals surface area contributed by atoms with Crippen molar-refractivity contribution in [1.29, 1.82) is 0 Å². The van der Waals surface area contributed by atoms with Crippen LogP contribution in [0.3, 0.4) is 0 Å². The molecule has 1 aliphatic heterocycles. The lowest BCUT2D eigenvalue weighted by atomic mass is 9.99. The summed E-state index contributed by atoms with van der Waals surface area (Å²) >= 11 is 1.71. The van der Waals surface area contributed by atoms with Gasteiger partial charge in [-0.05, 0) is 56.1 Å². The van der Waals surface area contributed by atoms with Crippen molar-refractivity contribution in [1.82, 2.24) is 4.90 Å². The largest absolute Gasteiger partial charge is 0.396 e. The maximum Gasteiger partial charge on any atom is 0.263 e. The van der Waals surface area contributed by atoms with Crippen molar-refractivity contribution in [2.24, 2.45) is 5.92 Å². The SMILES string of the molecule is O=C(c1cc2c(s1)CCCCC2)N1CCCC(CO)C1. The van der Waals surface area contributed by atoms with Crippen molar-refractivity contribution in [2.75, 3.05) is 19.7 Å². The van der Waals surface area contributed by atoms with E-state index < -0.39 is 0 Å². The predicted octanol–water partition coefficient (Wildman–Crippen LogP) is 2.86. The number of hydrogen-bond acceptors (Lipinski definition) is 3. The third-order valence-corrected chi connectivity index (χ3v) is 5.75. The average molecular weight is 293 g/mol. The fourth-order valence-electron chi connectivity index (χ4n) is 3.33. The zero-order valence-electron chi connectivity index (χ0n) is 11.9. The van der Waals surface area contributed by atoms with Crippen LogP contribution < -0.4 is 0 Å². The lowest BCUT2D eigenvalue weighted by Gasteiger charge is -2.31. The Balaban J connectivity index is 1.73. The first kappa shape index (κ1) is 14.1. The number of hydrogen-bond donors (Lipinski definition) is 1. The number of rotatable bonds is 2. The summed E-state index contributed by atoms with van der Waals surface area (Å²) in [5, 5.41) is 9.29. The molecule has 1 aromatic heterocycles. The number of aliphatic hydroxyl groups excluding tert-OH is 1. The van der Waals surface area contributed by atoms with Crippen LogP contribution in [-0.2, 0) is 12.8 Å². The number of aliphatic hydroxyl groups is 1. The highest BCUT2D eigenvalue weighted by Gasteiger charge is 2.26. The third kappa shape index (κ3) is 2.91. The van der Waals surface area contributed by atoms with Gasteiger partial charge in [0.1, 0.15) is 0 Å². The highest BCUT2D eigenvalue weighted by atomic mass is 32.1. The molecule has 1 fully saturated rings. The van der Waals surface area contributed by atoms with E-state index in [4.69, 9.17) is 0 Å². The molecule has 1 amide bonds. The van der Waals surface area contributed by atoms with Gasteiger partial charge >= 0.3 is 0 Å². The van der Waals surface area contributed by atoms with Crippen LogP contribution in [0.4, 0.5) is 0 Å². The molecule has 1 aliphatic carbocycles. The van der Waals surface area contributed by atoms with E-state index in [2.05, 4.69) is 6.07 Å². The van der Waals surface area contributed by atoms with Crippen molar-refractivity contribution in [2.45, 2.75) is 44.9 Å². The maximum atomic E-state index is 12.6. The lowest BCUT2D eigenvalue weighted by Crippen LogP contribution is -2.40. The van der Waals surface area contributed by atoms with Gasteiger partial charge in [-0.2, -0.15) is 0 Å². The molecule has 0 radical (unpaired) electrons. The van der Waals surface area contributed by atoms with E-state index in [1.54, 1.807) is 11.3 Å². The van der Waals surface area contributed by atoms with Crippen LogP contribution in [0.15, 0.2) is 6.07 Å². The number of aryl methyl sites for hydroxylation is 2. The molecule has 0 bridgehead atoms. The number of piperidine rings is 1. The van der Waals surface area contributed by atoms with Gasteiger partial charge in [-0.15, -0.1) is 11.3 Å². The molecule has 0 saturated carbocycles. The van der Waals surface area contributed by atoms with E-state index in [0.717, 1.165) is 43.6 Å². The molecule has 1 atom stereocenters. The number of amides is 1. The number of carbonyl (C=O) groups excluding carboxylic acids is 1. The predicted molar refractivity (Wildman–Crippen MR) is 81.3 cm³/mol. The van der Waals surface area contributed by atoms with Crippen LogP contribution in [0.2, 0.25) is 0 Å². The fourth-order valence-corrected chi connectivity index (χ4v) is 4.55. The molecule has 3 rings (SSSR count). The van der Waals surface area contributed by atoms with E-state index in [9.17, 15) is 9.90 Å². The molecule has 1 unspecified atom stereocenters. The molecule has 4 heteroatoms. The van der Waals surface area contributed by atoms with E-state index in [1.807, 2.05) is 4.90 Å². The van der Waals surface area contributed by atoms with Crippen LogP contribution in [0, 0.1) is 5.92 Å². The van der Waals surface area contributed by atoms with Gasteiger partial charge < -0.3 is 10.0 Å². The Labute approximate surface area is 124 Å². The standard InChI is InChI=1S/C16H23NO2S/c18-11-12-5-4-8-17(10-12)16(19)15-9-13-6-2-1-3-7-14(13)20-15/h9,12,18H,1-8,10-11H2. The highest BCUT2D eigenvalue weighted by Crippen LogP contribution is 2.30. The van der Waals surface area contributed by atoms with E-state index in [1.165, 1.54) is 29.7 Å². The van der Waals surface area contributed by atoms with Crippen molar-refractivity contribution in [3.8, 4) is 0 Å². The molecule has 20 heavy (non-hydrogen) atoms. The highest BCUT2D eigenvalue weighted by molar-refractivity contribution is 7.14. The van der Waals surface area contributed by atoms with Crippen molar-refractivity contribution < 1.29 is 9.90 Å². The Kier molecular flexibility index (Phi) is 4.41. The second-order valence-corrected chi connectivity index (χ2v) is 7.20. The normalized spacial score (nSPS) is 23.2. The second kappa shape index (κ2) is 6.27. The summed E-state index contributed by atoms with van der Waals surface area (Å²) in [4.78, 5) is 16.9. The summed E-state index contributed by atoms with van der Waals surface area (Å²) in [6.07, 6.45) is 8.17. The molecule has 2 heterocycles. The zero-order valence-corrected chi connectivity index (χ0v) is 12.8. The quantitative estimate of drug-likeness (QED) is 0.852. The molecule has 0 spiro atoms. The summed E-state index contributed by atoms with van der Waals surface area (Å²) in [5.74, 6) is 0.451. The van der Waals surface area contributed by atoms with Crippen LogP contribution in [0.5, 0.6) is 0 Å². The minimum atomic E-state index is 0.182. The molecule has 1 aromatic rings. The first-order valence-corrected chi connectivity index (χ1v) is 8.61. The van der Waals surface area contributed by atoms with Crippen LogP contribution >= 0.6 is 11.3 Å². The number of likely N-dealkylation sites (tertiary alicyclic amines) is 1. The summed E-state index contributed by atoms with van der Waals surface area (Å²) in [7, 11) is 0. The summed E-state index contributed by atoms with van der Waals surface area (Å²) < 4.78 is 0. The van der Waals surface area contributed by atoms with Crippen LogP contribution in [0.25, 0.3) is 0 Å². The second-order valence-electron chi connectivity index (χ2n) is 6.06. The zero-order chi connectivity index (χ0) is 13.9. The Hall–Kier alpha value is -0.870. The van der Waals surface area contributed by atoms with Crippen LogP contribution in [0.1, 0.15) is 52.2 Å². The van der Waals surface area contributed by atoms with Gasteiger partial charge in [0.05, 0.1) is 4.88 Å².